The first kappa shape index (κ1) is 29.1. The lowest BCUT2D eigenvalue weighted by Gasteiger charge is -2.36. The molecule has 0 saturated carbocycles. The van der Waals surface area contributed by atoms with Gasteiger partial charge >= 0.3 is 5.97 Å². The third-order valence-electron chi connectivity index (χ3n) is 5.80. The highest BCUT2D eigenvalue weighted by atomic mass is 32.2. The van der Waals surface area contributed by atoms with Crippen molar-refractivity contribution in [3.8, 4) is 11.1 Å². The van der Waals surface area contributed by atoms with Gasteiger partial charge in [-0.3, -0.25) is 13.3 Å². The first-order chi connectivity index (χ1) is 17.9. The highest BCUT2D eigenvalue weighted by molar-refractivity contribution is 7.80. The Morgan fingerprint density at radius 1 is 0.895 bits per heavy atom. The predicted octanol–water partition coefficient (Wildman–Crippen LogP) is 5.18. The summed E-state index contributed by atoms with van der Waals surface area (Å²) in [5.74, 6) is -0.953. The van der Waals surface area contributed by atoms with E-state index in [1.807, 2.05) is 66.7 Å². The number of ether oxygens (including phenoxy) is 1. The van der Waals surface area contributed by atoms with Crippen LogP contribution in [0.25, 0.3) is 11.1 Å². The highest BCUT2D eigenvalue weighted by Crippen LogP contribution is 2.28. The van der Waals surface area contributed by atoms with Gasteiger partial charge in [0.2, 0.25) is 5.91 Å². The van der Waals surface area contributed by atoms with E-state index in [1.54, 1.807) is 46.8 Å². The molecule has 1 N–H and O–H groups in total. The van der Waals surface area contributed by atoms with E-state index in [9.17, 15) is 18.4 Å². The molecule has 0 bridgehead atoms. The van der Waals surface area contributed by atoms with Gasteiger partial charge in [0, 0.05) is 23.5 Å². The van der Waals surface area contributed by atoms with Crippen LogP contribution in [-0.2, 0) is 38.6 Å². The third-order valence-corrected chi connectivity index (χ3v) is 6.56. The summed E-state index contributed by atoms with van der Waals surface area (Å²) >= 11 is -2.68. The van der Waals surface area contributed by atoms with Gasteiger partial charge in [0.05, 0.1) is 6.42 Å². The van der Waals surface area contributed by atoms with Gasteiger partial charge in [-0.15, -0.1) is 0 Å². The van der Waals surface area contributed by atoms with Crippen LogP contribution in [0.5, 0.6) is 0 Å². The maximum Gasteiger partial charge on any atom is 0.330 e. The van der Waals surface area contributed by atoms with Crippen molar-refractivity contribution in [3.05, 3.63) is 90.0 Å². The predicted molar refractivity (Wildman–Crippen MR) is 150 cm³/mol. The highest BCUT2D eigenvalue weighted by Gasteiger charge is 2.34. The van der Waals surface area contributed by atoms with E-state index in [0.717, 1.165) is 26.6 Å². The van der Waals surface area contributed by atoms with Gasteiger partial charge in [-0.1, -0.05) is 80.6 Å². The number of hydrogen-bond donors (Lipinski definition) is 1. The number of esters is 1. The largest absolute Gasteiger partial charge is 0.755 e. The Balaban J connectivity index is 1.70. The molecule has 0 aromatic heterocycles. The fourth-order valence-electron chi connectivity index (χ4n) is 4.00. The topological polar surface area (TPSA) is 98.8 Å². The zero-order valence-electron chi connectivity index (χ0n) is 22.5. The summed E-state index contributed by atoms with van der Waals surface area (Å²) in [6.45, 7) is 9.30. The van der Waals surface area contributed by atoms with Crippen LogP contribution in [0.2, 0.25) is 0 Å². The molecule has 0 heterocycles. The number of amides is 1. The van der Waals surface area contributed by atoms with Crippen molar-refractivity contribution in [1.82, 2.24) is 5.32 Å². The minimum atomic E-state index is -2.68. The van der Waals surface area contributed by atoms with Crippen molar-refractivity contribution in [2.24, 2.45) is 5.92 Å². The van der Waals surface area contributed by atoms with Crippen molar-refractivity contribution in [3.63, 3.8) is 0 Å². The molecule has 0 spiro atoms. The summed E-state index contributed by atoms with van der Waals surface area (Å²) in [5.41, 5.74) is 3.37. The molecule has 2 unspecified atom stereocenters. The zero-order chi connectivity index (χ0) is 27.9. The van der Waals surface area contributed by atoms with E-state index in [1.165, 1.54) is 0 Å². The molecule has 3 aromatic rings. The van der Waals surface area contributed by atoms with Gasteiger partial charge in [0.1, 0.15) is 11.6 Å². The van der Waals surface area contributed by atoms with Crippen molar-refractivity contribution in [1.29, 1.82) is 0 Å². The monoisotopic (exact) mass is 535 g/mol. The molecule has 0 aliphatic heterocycles. The van der Waals surface area contributed by atoms with Crippen molar-refractivity contribution in [2.45, 2.75) is 59.2 Å². The number of rotatable bonds is 10. The minimum absolute atomic E-state index is 0.0543. The second kappa shape index (κ2) is 12.8. The fourth-order valence-corrected chi connectivity index (χ4v) is 4.81. The van der Waals surface area contributed by atoms with E-state index < -0.39 is 28.9 Å². The lowest BCUT2D eigenvalue weighted by atomic mass is 10.0. The minimum Gasteiger partial charge on any atom is -0.755 e. The SMILES string of the molecule is CC(C)C(C(=O)OC(C)(C)C)N(c1ccc(-c2ccc(CC(=O)NCc3ccccc3)cc2)cc1)S(=O)[O-]. The first-order valence-corrected chi connectivity index (χ1v) is 13.6. The molecule has 0 radical (unpaired) electrons. The summed E-state index contributed by atoms with van der Waals surface area (Å²) in [6.07, 6.45) is 0.275. The Labute approximate surface area is 227 Å². The number of nitrogens with one attached hydrogen (secondary N) is 1. The molecule has 202 valence electrons. The summed E-state index contributed by atoms with van der Waals surface area (Å²) in [5, 5.41) is 2.93. The van der Waals surface area contributed by atoms with Crippen LogP contribution < -0.4 is 9.62 Å². The van der Waals surface area contributed by atoms with Crippen molar-refractivity contribution >= 4 is 28.8 Å². The molecule has 38 heavy (non-hydrogen) atoms. The van der Waals surface area contributed by atoms with Crippen LogP contribution in [0.1, 0.15) is 45.7 Å². The van der Waals surface area contributed by atoms with E-state index in [0.29, 0.717) is 12.2 Å². The number of carbonyl (C=O) groups is 2. The fraction of sp³-hybridized carbons (Fsp3) is 0.333. The Bertz CT molecular complexity index is 1240. The molecule has 1 amide bonds. The Morgan fingerprint density at radius 3 is 1.95 bits per heavy atom. The molecular formula is C30H35N2O5S-. The van der Waals surface area contributed by atoms with Gasteiger partial charge in [-0.25, -0.2) is 4.79 Å². The molecule has 8 heteroatoms. The lowest BCUT2D eigenvalue weighted by molar-refractivity contribution is -0.157. The van der Waals surface area contributed by atoms with Crippen LogP contribution in [0.4, 0.5) is 5.69 Å². The molecule has 3 rings (SSSR count). The third kappa shape index (κ3) is 8.26. The number of nitrogens with zero attached hydrogens (tertiary/aromatic N) is 1. The van der Waals surface area contributed by atoms with Crippen molar-refractivity contribution < 1.29 is 23.1 Å². The first-order valence-electron chi connectivity index (χ1n) is 12.6. The molecule has 0 fully saturated rings. The number of anilines is 1. The Kier molecular flexibility index (Phi) is 9.83. The average molecular weight is 536 g/mol. The zero-order valence-corrected chi connectivity index (χ0v) is 23.3. The normalized spacial score (nSPS) is 13.0. The summed E-state index contributed by atoms with van der Waals surface area (Å²) in [6, 6.07) is 23.4. The van der Waals surface area contributed by atoms with E-state index >= 15 is 0 Å². The summed E-state index contributed by atoms with van der Waals surface area (Å²) in [7, 11) is 0. The lowest BCUT2D eigenvalue weighted by Crippen LogP contribution is -2.48. The number of hydrogen-bond acceptors (Lipinski definition) is 5. The molecule has 0 aliphatic rings. The average Bonchev–Trinajstić information content (AvgIpc) is 2.85. The van der Waals surface area contributed by atoms with Crippen LogP contribution in [0.3, 0.4) is 0 Å². The maximum atomic E-state index is 12.9. The van der Waals surface area contributed by atoms with Crippen LogP contribution in [0.15, 0.2) is 78.9 Å². The van der Waals surface area contributed by atoms with Crippen molar-refractivity contribution in [2.75, 3.05) is 4.31 Å². The van der Waals surface area contributed by atoms with Gasteiger partial charge < -0.3 is 14.6 Å². The van der Waals surface area contributed by atoms with Gasteiger partial charge in [-0.05, 0) is 61.1 Å². The summed E-state index contributed by atoms with van der Waals surface area (Å²) < 4.78 is 31.0. The van der Waals surface area contributed by atoms with E-state index in [-0.39, 0.29) is 18.2 Å². The standard InChI is InChI=1S/C30H36N2O5S/c1-21(2)28(29(34)37-30(3,4)5)32(38(35)36)26-17-15-25(16-18-26)24-13-11-22(12-14-24)19-27(33)31-20-23-9-7-6-8-10-23/h6-18,21,28H,19-20H2,1-5H3,(H,31,33)(H,35,36)/p-1. The van der Waals surface area contributed by atoms with Crippen LogP contribution in [-0.4, -0.2) is 32.3 Å². The van der Waals surface area contributed by atoms with E-state index in [4.69, 9.17) is 4.74 Å². The molecule has 2 atom stereocenters. The molecule has 0 aliphatic carbocycles. The second-order valence-electron chi connectivity index (χ2n) is 10.4. The molecule has 7 nitrogen and oxygen atoms in total. The molecular weight excluding hydrogens is 500 g/mol. The van der Waals surface area contributed by atoms with Gasteiger partial charge in [-0.2, -0.15) is 0 Å². The van der Waals surface area contributed by atoms with E-state index in [2.05, 4.69) is 5.32 Å². The number of carbonyl (C=O) groups excluding carboxylic acids is 2. The molecule has 3 aromatic carbocycles. The molecule has 0 saturated heterocycles. The Morgan fingerprint density at radius 2 is 1.45 bits per heavy atom. The second-order valence-corrected chi connectivity index (χ2v) is 11.3. The number of benzene rings is 3. The quantitative estimate of drug-likeness (QED) is 0.285. The van der Waals surface area contributed by atoms with Gasteiger partial charge in [0.15, 0.2) is 0 Å². The summed E-state index contributed by atoms with van der Waals surface area (Å²) in [4.78, 5) is 25.2. The van der Waals surface area contributed by atoms with Gasteiger partial charge in [0.25, 0.3) is 0 Å². The van der Waals surface area contributed by atoms with Crippen LogP contribution in [0, 0.1) is 5.92 Å². The maximum absolute atomic E-state index is 12.9. The Hall–Kier alpha value is -3.49. The smallest absolute Gasteiger partial charge is 0.330 e. The van der Waals surface area contributed by atoms with Crippen LogP contribution >= 0.6 is 0 Å².